The van der Waals surface area contributed by atoms with Gasteiger partial charge in [0.25, 0.3) is 0 Å². The predicted octanol–water partition coefficient (Wildman–Crippen LogP) is 1.14. The lowest BCUT2D eigenvalue weighted by atomic mass is 10.0. The number of morpholine rings is 1. The number of likely N-dealkylation sites (tertiary alicyclic amines) is 1. The van der Waals surface area contributed by atoms with Crippen LogP contribution in [0.4, 0.5) is 0 Å². The summed E-state index contributed by atoms with van der Waals surface area (Å²) in [6.45, 7) is 16.1. The van der Waals surface area contributed by atoms with Crippen molar-refractivity contribution in [2.75, 3.05) is 72.1 Å². The lowest BCUT2D eigenvalue weighted by Crippen LogP contribution is -2.48. The molecule has 7 nitrogen and oxygen atoms in total. The van der Waals surface area contributed by atoms with Gasteiger partial charge in [-0.3, -0.25) is 9.89 Å². The Morgan fingerprint density at radius 3 is 2.68 bits per heavy atom. The Balaban J connectivity index is 1.66. The minimum absolute atomic E-state index is 0.394. The fraction of sp³-hybridized carbons (Fsp3) is 0.952. The average molecular weight is 398 g/mol. The highest BCUT2D eigenvalue weighted by Gasteiger charge is 2.25. The van der Waals surface area contributed by atoms with Gasteiger partial charge in [-0.2, -0.15) is 0 Å². The van der Waals surface area contributed by atoms with Gasteiger partial charge in [-0.15, -0.1) is 0 Å². The van der Waals surface area contributed by atoms with E-state index in [4.69, 9.17) is 4.74 Å². The van der Waals surface area contributed by atoms with Crippen LogP contribution < -0.4 is 10.6 Å². The standard InChI is InChI=1S/C21H43N5O2/c1-4-22-20(23-9-5-6-10-25-11-7-8-19(2)16-25)24-17-21(3,27)18-26-12-14-28-15-13-26/h19,27H,4-18H2,1-3H3,(H2,22,23,24). The molecule has 28 heavy (non-hydrogen) atoms. The third-order valence-electron chi connectivity index (χ3n) is 5.52. The smallest absolute Gasteiger partial charge is 0.191 e. The van der Waals surface area contributed by atoms with E-state index in [2.05, 4.69) is 39.3 Å². The number of guanidine groups is 1. The van der Waals surface area contributed by atoms with E-state index in [1.165, 1.54) is 38.9 Å². The number of piperidine rings is 1. The lowest BCUT2D eigenvalue weighted by molar-refractivity contribution is -0.0179. The van der Waals surface area contributed by atoms with Crippen LogP contribution in [0.3, 0.4) is 0 Å². The van der Waals surface area contributed by atoms with Gasteiger partial charge in [0.1, 0.15) is 0 Å². The van der Waals surface area contributed by atoms with Crippen LogP contribution in [0.2, 0.25) is 0 Å². The topological polar surface area (TPSA) is 72.4 Å². The molecule has 0 aromatic rings. The molecule has 7 heteroatoms. The highest BCUT2D eigenvalue weighted by molar-refractivity contribution is 5.79. The Hall–Kier alpha value is -0.890. The summed E-state index contributed by atoms with van der Waals surface area (Å²) in [5.74, 6) is 1.65. The van der Waals surface area contributed by atoms with Gasteiger partial charge in [-0.1, -0.05) is 6.92 Å². The van der Waals surface area contributed by atoms with E-state index < -0.39 is 5.60 Å². The van der Waals surface area contributed by atoms with E-state index in [9.17, 15) is 5.11 Å². The summed E-state index contributed by atoms with van der Waals surface area (Å²) in [6.07, 6.45) is 5.09. The predicted molar refractivity (Wildman–Crippen MR) is 116 cm³/mol. The molecule has 2 aliphatic heterocycles. The molecule has 2 atom stereocenters. The molecular formula is C21H43N5O2. The molecule has 0 aliphatic carbocycles. The van der Waals surface area contributed by atoms with Crippen LogP contribution in [-0.4, -0.2) is 98.6 Å². The molecule has 0 bridgehead atoms. The van der Waals surface area contributed by atoms with Crippen molar-refractivity contribution in [3.05, 3.63) is 0 Å². The molecule has 0 saturated carbocycles. The molecule has 0 aromatic carbocycles. The number of hydrogen-bond acceptors (Lipinski definition) is 5. The highest BCUT2D eigenvalue weighted by atomic mass is 16.5. The van der Waals surface area contributed by atoms with Gasteiger partial charge in [0.15, 0.2) is 5.96 Å². The second kappa shape index (κ2) is 12.6. The largest absolute Gasteiger partial charge is 0.387 e. The quantitative estimate of drug-likeness (QED) is 0.292. The number of nitrogens with zero attached hydrogens (tertiary/aromatic N) is 3. The Morgan fingerprint density at radius 2 is 1.96 bits per heavy atom. The zero-order chi connectivity index (χ0) is 20.2. The van der Waals surface area contributed by atoms with Crippen molar-refractivity contribution in [1.29, 1.82) is 0 Å². The number of nitrogens with one attached hydrogen (secondary N) is 2. The molecule has 164 valence electrons. The van der Waals surface area contributed by atoms with Crippen LogP contribution in [0.1, 0.15) is 46.5 Å². The van der Waals surface area contributed by atoms with E-state index in [1.54, 1.807) is 0 Å². The highest BCUT2D eigenvalue weighted by Crippen LogP contribution is 2.15. The minimum Gasteiger partial charge on any atom is -0.387 e. The molecule has 2 unspecified atom stereocenters. The number of rotatable bonds is 10. The van der Waals surface area contributed by atoms with Crippen molar-refractivity contribution in [2.24, 2.45) is 10.9 Å². The molecule has 2 rings (SSSR count). The first-order valence-corrected chi connectivity index (χ1v) is 11.3. The van der Waals surface area contributed by atoms with Crippen LogP contribution in [-0.2, 0) is 4.74 Å². The number of aliphatic imine (C=N–C) groups is 1. The van der Waals surface area contributed by atoms with Gasteiger partial charge in [-0.25, -0.2) is 0 Å². The van der Waals surface area contributed by atoms with Crippen LogP contribution in [0.5, 0.6) is 0 Å². The van der Waals surface area contributed by atoms with E-state index in [1.807, 2.05) is 6.92 Å². The molecule has 0 aromatic heterocycles. The van der Waals surface area contributed by atoms with Gasteiger partial charge >= 0.3 is 0 Å². The second-order valence-electron chi connectivity index (χ2n) is 8.76. The molecule has 3 N–H and O–H groups in total. The number of unbranched alkanes of at least 4 members (excludes halogenated alkanes) is 1. The molecular weight excluding hydrogens is 354 g/mol. The summed E-state index contributed by atoms with van der Waals surface area (Å²) < 4.78 is 5.38. The summed E-state index contributed by atoms with van der Waals surface area (Å²) in [6, 6.07) is 0. The maximum absolute atomic E-state index is 10.7. The number of hydrogen-bond donors (Lipinski definition) is 3. The summed E-state index contributed by atoms with van der Waals surface area (Å²) in [4.78, 5) is 9.48. The Labute approximate surface area is 171 Å². The monoisotopic (exact) mass is 397 g/mol. The van der Waals surface area contributed by atoms with Gasteiger partial charge < -0.3 is 25.4 Å². The SMILES string of the molecule is CCNC(=NCC(C)(O)CN1CCOCC1)NCCCCN1CCCC(C)C1. The normalized spacial score (nSPS) is 24.7. The number of aliphatic hydroxyl groups is 1. The molecule has 0 amide bonds. The zero-order valence-corrected chi connectivity index (χ0v) is 18.4. The fourth-order valence-electron chi connectivity index (χ4n) is 4.04. The third kappa shape index (κ3) is 9.54. The van der Waals surface area contributed by atoms with Gasteiger partial charge in [0, 0.05) is 39.3 Å². The first-order valence-electron chi connectivity index (χ1n) is 11.3. The van der Waals surface area contributed by atoms with Crippen LogP contribution >= 0.6 is 0 Å². The van der Waals surface area contributed by atoms with Crippen molar-refractivity contribution in [3.63, 3.8) is 0 Å². The molecule has 2 fully saturated rings. The van der Waals surface area contributed by atoms with Gasteiger partial charge in [0.2, 0.25) is 0 Å². The molecule has 2 heterocycles. The van der Waals surface area contributed by atoms with E-state index >= 15 is 0 Å². The van der Waals surface area contributed by atoms with Crippen LogP contribution in [0.15, 0.2) is 4.99 Å². The lowest BCUT2D eigenvalue weighted by Gasteiger charge is -2.33. The summed E-state index contributed by atoms with van der Waals surface area (Å²) in [5, 5.41) is 17.4. The first kappa shape index (κ1) is 23.4. The average Bonchev–Trinajstić information content (AvgIpc) is 2.66. The van der Waals surface area contributed by atoms with Crippen molar-refractivity contribution in [1.82, 2.24) is 20.4 Å². The summed E-state index contributed by atoms with van der Waals surface area (Å²) in [7, 11) is 0. The van der Waals surface area contributed by atoms with E-state index in [0.29, 0.717) is 13.1 Å². The van der Waals surface area contributed by atoms with Crippen LogP contribution in [0.25, 0.3) is 0 Å². The van der Waals surface area contributed by atoms with Crippen LogP contribution in [0, 0.1) is 5.92 Å². The second-order valence-corrected chi connectivity index (χ2v) is 8.76. The maximum atomic E-state index is 10.7. The molecule has 0 radical (unpaired) electrons. The molecule has 0 spiro atoms. The molecule has 2 saturated heterocycles. The van der Waals surface area contributed by atoms with Crippen molar-refractivity contribution < 1.29 is 9.84 Å². The Bertz CT molecular complexity index is 452. The summed E-state index contributed by atoms with van der Waals surface area (Å²) in [5.41, 5.74) is -0.829. The Kier molecular flexibility index (Phi) is 10.5. The van der Waals surface area contributed by atoms with Crippen molar-refractivity contribution in [3.8, 4) is 0 Å². The number of β-amino-alcohol motifs (C(OH)–C–C–N with tert-alkyl or cyclic N) is 1. The minimum atomic E-state index is -0.829. The zero-order valence-electron chi connectivity index (χ0n) is 18.4. The van der Waals surface area contributed by atoms with E-state index in [0.717, 1.165) is 57.7 Å². The number of ether oxygens (including phenoxy) is 1. The summed E-state index contributed by atoms with van der Waals surface area (Å²) >= 11 is 0. The maximum Gasteiger partial charge on any atom is 0.191 e. The van der Waals surface area contributed by atoms with Crippen molar-refractivity contribution in [2.45, 2.75) is 52.1 Å². The molecule has 2 aliphatic rings. The van der Waals surface area contributed by atoms with Crippen molar-refractivity contribution >= 4 is 5.96 Å². The first-order chi connectivity index (χ1) is 13.5. The fourth-order valence-corrected chi connectivity index (χ4v) is 4.04. The third-order valence-corrected chi connectivity index (χ3v) is 5.52. The van der Waals surface area contributed by atoms with E-state index in [-0.39, 0.29) is 0 Å². The van der Waals surface area contributed by atoms with Gasteiger partial charge in [-0.05, 0) is 58.5 Å². The van der Waals surface area contributed by atoms with Gasteiger partial charge in [0.05, 0.1) is 25.4 Å². The Morgan fingerprint density at radius 1 is 1.18 bits per heavy atom.